The molecule has 2 N–H and O–H groups in total. The third kappa shape index (κ3) is 2.41. The molecular weight excluding hydrogens is 184 g/mol. The molecule has 0 aliphatic carbocycles. The number of hydrogen-bond acceptors (Lipinski definition) is 3. The normalized spacial score (nSPS) is 11.0. The van der Waals surface area contributed by atoms with Crippen LogP contribution in [0.5, 0.6) is 0 Å². The van der Waals surface area contributed by atoms with E-state index >= 15 is 0 Å². The summed E-state index contributed by atoms with van der Waals surface area (Å²) < 4.78 is 0. The average Bonchev–Trinajstić information content (AvgIpc) is 2.15. The molecule has 0 unspecified atom stereocenters. The maximum Gasteiger partial charge on any atom is 0.255 e. The van der Waals surface area contributed by atoms with Crippen LogP contribution in [-0.2, 0) is 4.79 Å². The molecule has 1 aromatic rings. The minimum Gasteiger partial charge on any atom is -0.365 e. The quantitative estimate of drug-likeness (QED) is 0.436. The van der Waals surface area contributed by atoms with E-state index in [1.807, 2.05) is 0 Å². The van der Waals surface area contributed by atoms with Crippen molar-refractivity contribution in [1.29, 1.82) is 0 Å². The molecule has 0 spiro atoms. The maximum absolute atomic E-state index is 10.9. The van der Waals surface area contributed by atoms with Crippen molar-refractivity contribution in [3.05, 3.63) is 52.2 Å². The van der Waals surface area contributed by atoms with Gasteiger partial charge in [0.1, 0.15) is 5.57 Å². The lowest BCUT2D eigenvalue weighted by atomic mass is 10.1. The summed E-state index contributed by atoms with van der Waals surface area (Å²) in [6, 6.07) is 8.26. The highest BCUT2D eigenvalue weighted by Gasteiger charge is 2.11. The summed E-state index contributed by atoms with van der Waals surface area (Å²) in [4.78, 5) is 20.4. The van der Waals surface area contributed by atoms with E-state index in [1.165, 1.54) is 0 Å². The van der Waals surface area contributed by atoms with Crippen LogP contribution in [-0.4, -0.2) is 10.8 Å². The molecule has 5 heteroatoms. The van der Waals surface area contributed by atoms with Crippen molar-refractivity contribution >= 4 is 11.5 Å². The Balaban J connectivity index is 3.14. The number of nitrogens with zero attached hydrogens (tertiary/aromatic N) is 1. The molecule has 0 bridgehead atoms. The highest BCUT2D eigenvalue weighted by atomic mass is 16.6. The SMILES string of the molecule is NC(=O)C(=C[N+](=O)[O-])c1ccccc1. The molecule has 0 heterocycles. The molecule has 0 aromatic heterocycles. The Bertz CT molecular complexity index is 384. The number of carbonyl (C=O) groups is 1. The number of carbonyl (C=O) groups excluding carboxylic acids is 1. The van der Waals surface area contributed by atoms with Gasteiger partial charge in [0, 0.05) is 0 Å². The highest BCUT2D eigenvalue weighted by molar-refractivity contribution is 6.18. The molecule has 0 fully saturated rings. The number of nitro groups is 1. The number of nitrogens with two attached hydrogens (primary N) is 1. The second kappa shape index (κ2) is 4.18. The lowest BCUT2D eigenvalue weighted by Crippen LogP contribution is -2.14. The van der Waals surface area contributed by atoms with Crippen molar-refractivity contribution in [2.24, 2.45) is 5.73 Å². The Kier molecular flexibility index (Phi) is 2.96. The first-order valence-electron chi connectivity index (χ1n) is 3.82. The molecule has 0 saturated carbocycles. The highest BCUT2D eigenvalue weighted by Crippen LogP contribution is 2.12. The van der Waals surface area contributed by atoms with Gasteiger partial charge in [-0.25, -0.2) is 0 Å². The van der Waals surface area contributed by atoms with Crippen LogP contribution in [0.3, 0.4) is 0 Å². The van der Waals surface area contributed by atoms with Gasteiger partial charge in [-0.15, -0.1) is 0 Å². The molecule has 0 saturated heterocycles. The van der Waals surface area contributed by atoms with Gasteiger partial charge < -0.3 is 5.73 Å². The van der Waals surface area contributed by atoms with Crippen LogP contribution in [0.4, 0.5) is 0 Å². The average molecular weight is 192 g/mol. The van der Waals surface area contributed by atoms with Crippen LogP contribution in [0.15, 0.2) is 36.5 Å². The summed E-state index contributed by atoms with van der Waals surface area (Å²) in [6.07, 6.45) is 0.609. The van der Waals surface area contributed by atoms with Crippen molar-refractivity contribution in [2.75, 3.05) is 0 Å². The van der Waals surface area contributed by atoms with Gasteiger partial charge >= 0.3 is 0 Å². The monoisotopic (exact) mass is 192 g/mol. The molecule has 0 radical (unpaired) electrons. The molecule has 14 heavy (non-hydrogen) atoms. The van der Waals surface area contributed by atoms with Crippen LogP contribution >= 0.6 is 0 Å². The smallest absolute Gasteiger partial charge is 0.255 e. The van der Waals surface area contributed by atoms with E-state index in [0.717, 1.165) is 0 Å². The van der Waals surface area contributed by atoms with Gasteiger partial charge in [-0.1, -0.05) is 30.3 Å². The van der Waals surface area contributed by atoms with Crippen molar-refractivity contribution in [3.8, 4) is 0 Å². The Morgan fingerprint density at radius 2 is 1.93 bits per heavy atom. The van der Waals surface area contributed by atoms with E-state index in [2.05, 4.69) is 0 Å². The van der Waals surface area contributed by atoms with Crippen molar-refractivity contribution in [2.45, 2.75) is 0 Å². The molecule has 72 valence electrons. The molecule has 5 nitrogen and oxygen atoms in total. The molecule has 1 amide bonds. The van der Waals surface area contributed by atoms with Crippen LogP contribution in [0.1, 0.15) is 5.56 Å². The Labute approximate surface area is 80.0 Å². The predicted octanol–water partition coefficient (Wildman–Crippen LogP) is 0.790. The second-order valence-corrected chi connectivity index (χ2v) is 2.56. The number of primary amides is 1. The van der Waals surface area contributed by atoms with Crippen LogP contribution in [0.2, 0.25) is 0 Å². The zero-order chi connectivity index (χ0) is 10.6. The van der Waals surface area contributed by atoms with Gasteiger partial charge in [0.25, 0.3) is 5.91 Å². The van der Waals surface area contributed by atoms with Gasteiger partial charge in [-0.05, 0) is 5.56 Å². The number of rotatable bonds is 3. The van der Waals surface area contributed by atoms with E-state index in [0.29, 0.717) is 11.8 Å². The van der Waals surface area contributed by atoms with Crippen molar-refractivity contribution in [3.63, 3.8) is 0 Å². The Hall–Kier alpha value is -2.17. The molecule has 1 rings (SSSR count). The van der Waals surface area contributed by atoms with Crippen LogP contribution in [0, 0.1) is 10.1 Å². The molecule has 0 aliphatic heterocycles. The fourth-order valence-electron chi connectivity index (χ4n) is 1.00. The summed E-state index contributed by atoms with van der Waals surface area (Å²) in [7, 11) is 0. The lowest BCUT2D eigenvalue weighted by Gasteiger charge is -1.98. The zero-order valence-electron chi connectivity index (χ0n) is 7.21. The Morgan fingerprint density at radius 3 is 2.36 bits per heavy atom. The molecular formula is C9H8N2O3. The van der Waals surface area contributed by atoms with Crippen LogP contribution in [0.25, 0.3) is 5.57 Å². The van der Waals surface area contributed by atoms with Gasteiger partial charge in [-0.3, -0.25) is 14.9 Å². The fourth-order valence-corrected chi connectivity index (χ4v) is 1.00. The minimum absolute atomic E-state index is 0.101. The molecule has 0 atom stereocenters. The largest absolute Gasteiger partial charge is 0.365 e. The first kappa shape index (κ1) is 9.91. The Morgan fingerprint density at radius 1 is 1.36 bits per heavy atom. The standard InChI is InChI=1S/C9H8N2O3/c10-9(12)8(6-11(13)14)7-4-2-1-3-5-7/h1-6H,(H2,10,12). The minimum atomic E-state index is -0.812. The third-order valence-electron chi connectivity index (χ3n) is 1.58. The summed E-state index contributed by atoms with van der Waals surface area (Å²) in [5.41, 5.74) is 5.35. The summed E-state index contributed by atoms with van der Waals surface area (Å²) in [5, 5.41) is 10.2. The summed E-state index contributed by atoms with van der Waals surface area (Å²) >= 11 is 0. The van der Waals surface area contributed by atoms with E-state index < -0.39 is 10.8 Å². The number of hydrogen-bond donors (Lipinski definition) is 1. The van der Waals surface area contributed by atoms with Crippen molar-refractivity contribution in [1.82, 2.24) is 0 Å². The summed E-state index contributed by atoms with van der Waals surface area (Å²) in [6.45, 7) is 0. The third-order valence-corrected chi connectivity index (χ3v) is 1.58. The fraction of sp³-hybridized carbons (Fsp3) is 0. The first-order valence-corrected chi connectivity index (χ1v) is 3.82. The van der Waals surface area contributed by atoms with E-state index in [4.69, 9.17) is 5.73 Å². The topological polar surface area (TPSA) is 86.2 Å². The van der Waals surface area contributed by atoms with Gasteiger partial charge in [-0.2, -0.15) is 0 Å². The van der Waals surface area contributed by atoms with Gasteiger partial charge in [0.05, 0.1) is 4.92 Å². The van der Waals surface area contributed by atoms with Gasteiger partial charge in [0.15, 0.2) is 0 Å². The van der Waals surface area contributed by atoms with Crippen LogP contribution < -0.4 is 5.73 Å². The van der Waals surface area contributed by atoms with Crippen molar-refractivity contribution < 1.29 is 9.72 Å². The summed E-state index contributed by atoms with van der Waals surface area (Å²) in [5.74, 6) is -0.812. The second-order valence-electron chi connectivity index (χ2n) is 2.56. The molecule has 0 aliphatic rings. The molecule has 1 aromatic carbocycles. The zero-order valence-corrected chi connectivity index (χ0v) is 7.21. The lowest BCUT2D eigenvalue weighted by molar-refractivity contribution is -0.401. The number of benzene rings is 1. The first-order chi connectivity index (χ1) is 6.61. The van der Waals surface area contributed by atoms with E-state index in [-0.39, 0.29) is 5.57 Å². The van der Waals surface area contributed by atoms with E-state index in [9.17, 15) is 14.9 Å². The van der Waals surface area contributed by atoms with E-state index in [1.54, 1.807) is 30.3 Å². The van der Waals surface area contributed by atoms with Gasteiger partial charge in [0.2, 0.25) is 6.20 Å². The number of amides is 1. The predicted molar refractivity (Wildman–Crippen MR) is 50.6 cm³/mol. The maximum atomic E-state index is 10.9.